The quantitative estimate of drug-likeness (QED) is 0.489. The second-order valence-electron chi connectivity index (χ2n) is 10.2. The minimum atomic E-state index is -0.504. The number of fused-ring (bicyclic) bond motifs is 2. The molecule has 0 radical (unpaired) electrons. The lowest BCUT2D eigenvalue weighted by Gasteiger charge is -2.62. The summed E-state index contributed by atoms with van der Waals surface area (Å²) in [6.07, 6.45) is 8.87. The van der Waals surface area contributed by atoms with Crippen LogP contribution in [0.5, 0.6) is 0 Å². The molecular formula is C25H28Cl2N6O2. The van der Waals surface area contributed by atoms with Gasteiger partial charge in [0.05, 0.1) is 28.9 Å². The maximum atomic E-state index is 12.9. The third-order valence-electron chi connectivity index (χ3n) is 7.99. The van der Waals surface area contributed by atoms with Crippen LogP contribution in [0.1, 0.15) is 33.6 Å². The van der Waals surface area contributed by atoms with E-state index in [2.05, 4.69) is 41.5 Å². The minimum Gasteiger partial charge on any atom is -0.379 e. The van der Waals surface area contributed by atoms with E-state index < -0.39 is 11.5 Å². The Morgan fingerprint density at radius 2 is 2.06 bits per heavy atom. The highest BCUT2D eigenvalue weighted by Gasteiger charge is 2.56. The summed E-state index contributed by atoms with van der Waals surface area (Å²) in [5.74, 6) is 1.42. The molecule has 4 atom stereocenters. The lowest BCUT2D eigenvalue weighted by atomic mass is 9.45. The molecule has 184 valence electrons. The van der Waals surface area contributed by atoms with Crippen molar-refractivity contribution in [1.29, 1.82) is 0 Å². The zero-order valence-electron chi connectivity index (χ0n) is 19.8. The van der Waals surface area contributed by atoms with Crippen molar-refractivity contribution in [2.24, 2.45) is 23.2 Å². The van der Waals surface area contributed by atoms with E-state index in [1.165, 1.54) is 12.6 Å². The SMILES string of the molecule is C[C@@H]1C2CC(C[C@H]1Nc1cnn(CC(=O)Nc3ccc(Cl)c(-n4ccnc4)c3)c(=O)c1Cl)C2(C)C. The van der Waals surface area contributed by atoms with E-state index in [-0.39, 0.29) is 17.6 Å². The van der Waals surface area contributed by atoms with Crippen LogP contribution in [0, 0.1) is 23.2 Å². The van der Waals surface area contributed by atoms with Gasteiger partial charge in [-0.05, 0) is 54.2 Å². The topological polar surface area (TPSA) is 93.8 Å². The molecule has 3 saturated carbocycles. The average molecular weight is 515 g/mol. The first-order chi connectivity index (χ1) is 16.6. The average Bonchev–Trinajstić information content (AvgIpc) is 3.35. The van der Waals surface area contributed by atoms with Gasteiger partial charge in [-0.1, -0.05) is 44.0 Å². The number of nitrogens with zero attached hydrogens (tertiary/aromatic N) is 4. The first kappa shape index (κ1) is 23.9. The predicted octanol–water partition coefficient (Wildman–Crippen LogP) is 4.86. The van der Waals surface area contributed by atoms with Crippen molar-refractivity contribution in [2.75, 3.05) is 10.6 Å². The number of aromatic nitrogens is 4. The normalized spacial score (nSPS) is 24.5. The number of amides is 1. The Labute approximate surface area is 213 Å². The number of nitrogens with one attached hydrogen (secondary N) is 2. The Bertz CT molecular complexity index is 1320. The molecule has 2 N–H and O–H groups in total. The van der Waals surface area contributed by atoms with Crippen LogP contribution < -0.4 is 16.2 Å². The molecule has 2 heterocycles. The molecule has 3 aliphatic rings. The van der Waals surface area contributed by atoms with Gasteiger partial charge < -0.3 is 15.2 Å². The Morgan fingerprint density at radius 3 is 2.74 bits per heavy atom. The van der Waals surface area contributed by atoms with Crippen molar-refractivity contribution >= 4 is 40.5 Å². The van der Waals surface area contributed by atoms with Gasteiger partial charge in [0.15, 0.2) is 0 Å². The summed E-state index contributed by atoms with van der Waals surface area (Å²) >= 11 is 12.7. The number of carbonyl (C=O) groups is 1. The van der Waals surface area contributed by atoms with E-state index >= 15 is 0 Å². The maximum Gasteiger partial charge on any atom is 0.288 e. The standard InChI is InChI=1S/C25H28Cl2N6O2/c1-14-17-8-15(25(17,2)3)9-19(14)31-20-11-29-33(24(35)23(20)27)12-22(34)30-16-4-5-18(26)21(10-16)32-7-6-28-13-32/h4-7,10-11,13-15,17,19,31H,8-9,12H2,1-3H3,(H,30,34)/t14-,15?,17?,19-/m1/s1. The number of rotatable bonds is 6. The molecule has 3 fully saturated rings. The number of anilines is 2. The zero-order chi connectivity index (χ0) is 24.9. The fourth-order valence-electron chi connectivity index (χ4n) is 5.74. The zero-order valence-corrected chi connectivity index (χ0v) is 21.3. The summed E-state index contributed by atoms with van der Waals surface area (Å²) in [4.78, 5) is 29.5. The summed E-state index contributed by atoms with van der Waals surface area (Å²) in [5.41, 5.74) is 1.60. The molecule has 8 nitrogen and oxygen atoms in total. The Balaban J connectivity index is 1.26. The largest absolute Gasteiger partial charge is 0.379 e. The predicted molar refractivity (Wildman–Crippen MR) is 137 cm³/mol. The van der Waals surface area contributed by atoms with Crippen LogP contribution >= 0.6 is 23.2 Å². The fourth-order valence-corrected chi connectivity index (χ4v) is 6.16. The van der Waals surface area contributed by atoms with Gasteiger partial charge in [0.1, 0.15) is 11.6 Å². The van der Waals surface area contributed by atoms with E-state index in [1.54, 1.807) is 41.5 Å². The fraction of sp³-hybridized carbons (Fsp3) is 0.440. The number of benzene rings is 1. The van der Waals surface area contributed by atoms with Crippen molar-refractivity contribution in [3.8, 4) is 5.69 Å². The number of imidazole rings is 1. The van der Waals surface area contributed by atoms with Crippen molar-refractivity contribution in [3.63, 3.8) is 0 Å². The van der Waals surface area contributed by atoms with Crippen molar-refractivity contribution in [2.45, 2.75) is 46.2 Å². The molecule has 0 saturated heterocycles. The highest BCUT2D eigenvalue weighted by atomic mass is 35.5. The lowest BCUT2D eigenvalue weighted by molar-refractivity contribution is -0.117. The number of hydrogen-bond donors (Lipinski definition) is 2. The molecule has 0 aliphatic heterocycles. The number of halogens is 2. The minimum absolute atomic E-state index is 0.0485. The molecule has 2 unspecified atom stereocenters. The van der Waals surface area contributed by atoms with Gasteiger partial charge in [-0.2, -0.15) is 5.10 Å². The van der Waals surface area contributed by atoms with Gasteiger partial charge in [-0.15, -0.1) is 0 Å². The van der Waals surface area contributed by atoms with Gasteiger partial charge in [0, 0.05) is 24.1 Å². The second kappa shape index (κ2) is 8.99. The van der Waals surface area contributed by atoms with Gasteiger partial charge in [-0.25, -0.2) is 9.67 Å². The van der Waals surface area contributed by atoms with Crippen LogP contribution in [0.25, 0.3) is 5.69 Å². The number of hydrogen-bond acceptors (Lipinski definition) is 5. The molecule has 1 aromatic carbocycles. The van der Waals surface area contributed by atoms with E-state index in [1.807, 2.05) is 0 Å². The molecule has 3 aliphatic carbocycles. The second-order valence-corrected chi connectivity index (χ2v) is 11.0. The molecule has 6 rings (SSSR count). The molecule has 10 heteroatoms. The molecule has 35 heavy (non-hydrogen) atoms. The van der Waals surface area contributed by atoms with E-state index in [4.69, 9.17) is 23.2 Å². The van der Waals surface area contributed by atoms with Gasteiger partial charge in [0.25, 0.3) is 5.56 Å². The van der Waals surface area contributed by atoms with Crippen LogP contribution in [0.3, 0.4) is 0 Å². The summed E-state index contributed by atoms with van der Waals surface area (Å²) in [6.45, 7) is 6.70. The molecule has 0 spiro atoms. The van der Waals surface area contributed by atoms with E-state index in [0.29, 0.717) is 45.3 Å². The molecule has 3 aromatic rings. The maximum absolute atomic E-state index is 12.9. The highest BCUT2D eigenvalue weighted by molar-refractivity contribution is 6.33. The van der Waals surface area contributed by atoms with Crippen LogP contribution in [-0.4, -0.2) is 31.3 Å². The molecule has 2 aromatic heterocycles. The van der Waals surface area contributed by atoms with Gasteiger partial charge in [-0.3, -0.25) is 9.59 Å². The van der Waals surface area contributed by atoms with Crippen LogP contribution in [-0.2, 0) is 11.3 Å². The van der Waals surface area contributed by atoms with Crippen LogP contribution in [0.2, 0.25) is 10.0 Å². The summed E-state index contributed by atoms with van der Waals surface area (Å²) in [7, 11) is 0. The third kappa shape index (κ3) is 4.34. The van der Waals surface area contributed by atoms with E-state index in [9.17, 15) is 9.59 Å². The van der Waals surface area contributed by atoms with Crippen molar-refractivity contribution < 1.29 is 4.79 Å². The first-order valence-electron chi connectivity index (χ1n) is 11.7. The monoisotopic (exact) mass is 514 g/mol. The molecule has 1 amide bonds. The highest BCUT2D eigenvalue weighted by Crippen LogP contribution is 2.61. The summed E-state index contributed by atoms with van der Waals surface area (Å²) < 4.78 is 2.81. The Morgan fingerprint density at radius 1 is 1.26 bits per heavy atom. The number of carbonyl (C=O) groups excluding carboxylic acids is 1. The summed E-state index contributed by atoms with van der Waals surface area (Å²) in [6, 6.07) is 5.36. The lowest BCUT2D eigenvalue weighted by Crippen LogP contribution is -2.58. The first-order valence-corrected chi connectivity index (χ1v) is 12.5. The van der Waals surface area contributed by atoms with Crippen LogP contribution in [0.4, 0.5) is 11.4 Å². The summed E-state index contributed by atoms with van der Waals surface area (Å²) in [5, 5.41) is 11.0. The van der Waals surface area contributed by atoms with E-state index in [0.717, 1.165) is 11.1 Å². The smallest absolute Gasteiger partial charge is 0.288 e. The molecular weight excluding hydrogens is 487 g/mol. The molecule has 2 bridgehead atoms. The van der Waals surface area contributed by atoms with Crippen LogP contribution in [0.15, 0.2) is 47.9 Å². The Kier molecular flexibility index (Phi) is 6.13. The van der Waals surface area contributed by atoms with Gasteiger partial charge in [0.2, 0.25) is 5.91 Å². The third-order valence-corrected chi connectivity index (χ3v) is 8.67. The van der Waals surface area contributed by atoms with Gasteiger partial charge >= 0.3 is 0 Å². The van der Waals surface area contributed by atoms with Crippen molar-refractivity contribution in [3.05, 3.63) is 63.5 Å². The van der Waals surface area contributed by atoms with Crippen molar-refractivity contribution in [1.82, 2.24) is 19.3 Å². The Hall–Kier alpha value is -2.84.